The van der Waals surface area contributed by atoms with E-state index < -0.39 is 35.1 Å². The molecular weight excluding hydrogens is 415 g/mol. The number of aromatic hydroxyl groups is 1. The van der Waals surface area contributed by atoms with Gasteiger partial charge in [0.1, 0.15) is 5.56 Å². The Morgan fingerprint density at radius 1 is 1.13 bits per heavy atom. The van der Waals surface area contributed by atoms with Gasteiger partial charge in [-0.05, 0) is 48.9 Å². The van der Waals surface area contributed by atoms with Crippen molar-refractivity contribution < 1.29 is 32.7 Å². The first-order valence-electron chi connectivity index (χ1n) is 9.15. The van der Waals surface area contributed by atoms with Gasteiger partial charge in [-0.15, -0.1) is 0 Å². The summed E-state index contributed by atoms with van der Waals surface area (Å²) >= 11 is 0. The topological polar surface area (TPSA) is 114 Å². The Morgan fingerprint density at radius 2 is 1.74 bits per heavy atom. The fourth-order valence-electron chi connectivity index (χ4n) is 3.35. The second kappa shape index (κ2) is 7.78. The van der Waals surface area contributed by atoms with Gasteiger partial charge in [-0.2, -0.15) is 13.2 Å². The number of nitrogens with zero attached hydrogens (tertiary/aromatic N) is 1. The minimum Gasteiger partial charge on any atom is -0.494 e. The van der Waals surface area contributed by atoms with Gasteiger partial charge in [-0.1, -0.05) is 6.92 Å². The molecule has 0 radical (unpaired) electrons. The average Bonchev–Trinajstić information content (AvgIpc) is 3.00. The highest BCUT2D eigenvalue weighted by Gasteiger charge is 2.34. The van der Waals surface area contributed by atoms with Gasteiger partial charge in [0.2, 0.25) is 5.88 Å². The van der Waals surface area contributed by atoms with Gasteiger partial charge < -0.3 is 16.2 Å². The molecule has 3 rings (SSSR count). The maximum Gasteiger partial charge on any atom is 0.416 e. The van der Waals surface area contributed by atoms with Crippen molar-refractivity contribution in [2.24, 2.45) is 5.73 Å². The maximum atomic E-state index is 13.2. The Balaban J connectivity index is 2.11. The molecule has 0 bridgehead atoms. The fraction of sp³-hybridized carbons (Fsp3) is 0.190. The standard InChI is InChI=1S/C21H18F3N3O4/c1-3-15(28)11-4-6-13(7-5-11)26-18(29)17-16-10(2)8-12(21(22,23)24)9-14(16)27(19(17)30)20(25)31/h4-9,30H,3H2,1-2H3,(H2,25,31)(H,26,29). The number of aryl methyl sites for hydroxylation is 1. The summed E-state index contributed by atoms with van der Waals surface area (Å²) < 4.78 is 40.1. The van der Waals surface area contributed by atoms with Crippen molar-refractivity contribution in [3.63, 3.8) is 0 Å². The van der Waals surface area contributed by atoms with Crippen LogP contribution in [0.5, 0.6) is 5.88 Å². The van der Waals surface area contributed by atoms with E-state index in [-0.39, 0.29) is 27.9 Å². The molecule has 0 fully saturated rings. The van der Waals surface area contributed by atoms with Crippen molar-refractivity contribution in [2.75, 3.05) is 5.32 Å². The van der Waals surface area contributed by atoms with Crippen LogP contribution in [-0.4, -0.2) is 27.4 Å². The highest BCUT2D eigenvalue weighted by molar-refractivity contribution is 6.17. The molecule has 0 aliphatic heterocycles. The molecule has 3 aromatic rings. The van der Waals surface area contributed by atoms with Gasteiger partial charge in [-0.25, -0.2) is 9.36 Å². The number of benzene rings is 2. The maximum absolute atomic E-state index is 13.2. The summed E-state index contributed by atoms with van der Waals surface area (Å²) in [7, 11) is 0. The summed E-state index contributed by atoms with van der Waals surface area (Å²) in [6.45, 7) is 3.03. The van der Waals surface area contributed by atoms with E-state index in [4.69, 9.17) is 5.73 Å². The SMILES string of the molecule is CCC(=O)c1ccc(NC(=O)c2c(O)n(C(N)=O)c3cc(C(F)(F)F)cc(C)c23)cc1. The zero-order chi connectivity index (χ0) is 23.1. The van der Waals surface area contributed by atoms with Gasteiger partial charge in [0, 0.05) is 23.1 Å². The molecule has 0 saturated heterocycles. The number of primary amides is 1. The first-order valence-corrected chi connectivity index (χ1v) is 9.15. The van der Waals surface area contributed by atoms with E-state index in [0.29, 0.717) is 22.6 Å². The summed E-state index contributed by atoms with van der Waals surface area (Å²) in [5.41, 5.74) is 4.19. The molecule has 0 saturated carbocycles. The number of anilines is 1. The number of aromatic nitrogens is 1. The lowest BCUT2D eigenvalue weighted by atomic mass is 10.0. The molecule has 0 spiro atoms. The van der Waals surface area contributed by atoms with Crippen LogP contribution in [0, 0.1) is 6.92 Å². The smallest absolute Gasteiger partial charge is 0.416 e. The summed E-state index contributed by atoms with van der Waals surface area (Å²) in [6.07, 6.45) is -4.40. The monoisotopic (exact) mass is 433 g/mol. The Bertz CT molecular complexity index is 1210. The number of hydrogen-bond donors (Lipinski definition) is 3. The largest absolute Gasteiger partial charge is 0.494 e. The van der Waals surface area contributed by atoms with E-state index in [1.54, 1.807) is 6.92 Å². The number of alkyl halides is 3. The predicted molar refractivity (Wildman–Crippen MR) is 107 cm³/mol. The number of nitrogens with one attached hydrogen (secondary N) is 1. The zero-order valence-electron chi connectivity index (χ0n) is 16.5. The molecule has 1 heterocycles. The van der Waals surface area contributed by atoms with Gasteiger partial charge in [0.15, 0.2) is 5.78 Å². The van der Waals surface area contributed by atoms with Crippen LogP contribution in [0.4, 0.5) is 23.7 Å². The van der Waals surface area contributed by atoms with Crippen molar-refractivity contribution in [3.05, 3.63) is 58.7 Å². The number of nitrogens with two attached hydrogens (primary N) is 1. The van der Waals surface area contributed by atoms with E-state index in [0.717, 1.165) is 6.07 Å². The third-order valence-corrected chi connectivity index (χ3v) is 4.80. The highest BCUT2D eigenvalue weighted by Crippen LogP contribution is 2.38. The average molecular weight is 433 g/mol. The number of carbonyl (C=O) groups is 3. The normalized spacial score (nSPS) is 11.5. The van der Waals surface area contributed by atoms with Crippen LogP contribution in [-0.2, 0) is 6.18 Å². The van der Waals surface area contributed by atoms with E-state index >= 15 is 0 Å². The van der Waals surface area contributed by atoms with Crippen molar-refractivity contribution in [1.82, 2.24) is 4.57 Å². The predicted octanol–water partition coefficient (Wildman–Crippen LogP) is 4.45. The molecular formula is C21H18F3N3O4. The van der Waals surface area contributed by atoms with E-state index in [1.165, 1.54) is 31.2 Å². The molecule has 0 aliphatic carbocycles. The molecule has 7 nitrogen and oxygen atoms in total. The van der Waals surface area contributed by atoms with Crippen LogP contribution in [0.1, 0.15) is 45.2 Å². The van der Waals surface area contributed by atoms with Crippen LogP contribution in [0.2, 0.25) is 0 Å². The van der Waals surface area contributed by atoms with E-state index in [2.05, 4.69) is 5.32 Å². The molecule has 10 heteroatoms. The Kier molecular flexibility index (Phi) is 5.49. The Labute approximate surface area is 174 Å². The number of Topliss-reactive ketones (excluding diaryl/α,β-unsaturated/α-hetero) is 1. The third kappa shape index (κ3) is 3.96. The van der Waals surface area contributed by atoms with Gasteiger partial charge in [-0.3, -0.25) is 9.59 Å². The second-order valence-corrected chi connectivity index (χ2v) is 6.87. The van der Waals surface area contributed by atoms with Crippen molar-refractivity contribution >= 4 is 34.3 Å². The van der Waals surface area contributed by atoms with Crippen LogP contribution in [0.3, 0.4) is 0 Å². The summed E-state index contributed by atoms with van der Waals surface area (Å²) in [5, 5.41) is 12.9. The van der Waals surface area contributed by atoms with Gasteiger partial charge >= 0.3 is 12.2 Å². The van der Waals surface area contributed by atoms with Crippen LogP contribution in [0.25, 0.3) is 10.9 Å². The lowest BCUT2D eigenvalue weighted by molar-refractivity contribution is -0.137. The number of fused-ring (bicyclic) bond motifs is 1. The third-order valence-electron chi connectivity index (χ3n) is 4.80. The number of rotatable bonds is 4. The Morgan fingerprint density at radius 3 is 2.26 bits per heavy atom. The number of hydrogen-bond acceptors (Lipinski definition) is 4. The summed E-state index contributed by atoms with van der Waals surface area (Å²) in [4.78, 5) is 36.4. The molecule has 4 N–H and O–H groups in total. The number of halogens is 3. The van der Waals surface area contributed by atoms with Crippen molar-refractivity contribution in [3.8, 4) is 5.88 Å². The second-order valence-electron chi connectivity index (χ2n) is 6.87. The molecule has 2 aromatic carbocycles. The number of amides is 2. The molecule has 0 unspecified atom stereocenters. The lowest BCUT2D eigenvalue weighted by Gasteiger charge is -2.10. The molecule has 31 heavy (non-hydrogen) atoms. The first-order chi connectivity index (χ1) is 14.5. The minimum absolute atomic E-state index is 0.0224. The van der Waals surface area contributed by atoms with Crippen LogP contribution >= 0.6 is 0 Å². The molecule has 1 aromatic heterocycles. The van der Waals surface area contributed by atoms with Gasteiger partial charge in [0.25, 0.3) is 5.91 Å². The minimum atomic E-state index is -4.71. The summed E-state index contributed by atoms with van der Waals surface area (Å²) in [6, 6.07) is 6.18. The van der Waals surface area contributed by atoms with E-state index in [1.807, 2.05) is 0 Å². The van der Waals surface area contributed by atoms with Crippen molar-refractivity contribution in [2.45, 2.75) is 26.4 Å². The Hall–Kier alpha value is -3.82. The number of carbonyl (C=O) groups excluding carboxylic acids is 3. The van der Waals surface area contributed by atoms with Crippen molar-refractivity contribution in [1.29, 1.82) is 0 Å². The molecule has 0 aliphatic rings. The fourth-order valence-corrected chi connectivity index (χ4v) is 3.35. The van der Waals surface area contributed by atoms with Crippen LogP contribution < -0.4 is 11.1 Å². The molecule has 162 valence electrons. The highest BCUT2D eigenvalue weighted by atomic mass is 19.4. The number of ketones is 1. The lowest BCUT2D eigenvalue weighted by Crippen LogP contribution is -2.19. The van der Waals surface area contributed by atoms with Gasteiger partial charge in [0.05, 0.1) is 11.1 Å². The van der Waals surface area contributed by atoms with Crippen LogP contribution in [0.15, 0.2) is 36.4 Å². The van der Waals surface area contributed by atoms with E-state index in [9.17, 15) is 32.7 Å². The quantitative estimate of drug-likeness (QED) is 0.528. The molecule has 2 amide bonds. The first kappa shape index (κ1) is 21.9. The zero-order valence-corrected chi connectivity index (χ0v) is 16.5. The molecule has 0 atom stereocenters. The summed E-state index contributed by atoms with van der Waals surface area (Å²) in [5.74, 6) is -1.82.